The molecular formula is C11H17F3N2O2. The van der Waals surface area contributed by atoms with E-state index in [2.05, 4.69) is 5.10 Å². The van der Waals surface area contributed by atoms with Crippen molar-refractivity contribution in [3.8, 4) is 5.75 Å². The number of hydrogen-bond donors (Lipinski definition) is 1. The van der Waals surface area contributed by atoms with Gasteiger partial charge in [0.05, 0.1) is 19.4 Å². The zero-order valence-electron chi connectivity index (χ0n) is 10.5. The Morgan fingerprint density at radius 1 is 1.44 bits per heavy atom. The summed E-state index contributed by atoms with van der Waals surface area (Å²) in [5.41, 5.74) is 0.289. The molecule has 7 heteroatoms. The van der Waals surface area contributed by atoms with E-state index in [9.17, 15) is 18.3 Å². The van der Waals surface area contributed by atoms with Crippen molar-refractivity contribution in [1.82, 2.24) is 9.78 Å². The Morgan fingerprint density at radius 2 is 2.06 bits per heavy atom. The van der Waals surface area contributed by atoms with Crippen LogP contribution < -0.4 is 4.74 Å². The Morgan fingerprint density at radius 3 is 2.50 bits per heavy atom. The second kappa shape index (κ2) is 5.60. The highest BCUT2D eigenvalue weighted by Crippen LogP contribution is 2.33. The van der Waals surface area contributed by atoms with Gasteiger partial charge in [-0.15, -0.1) is 0 Å². The highest BCUT2D eigenvalue weighted by Gasteiger charge is 2.30. The summed E-state index contributed by atoms with van der Waals surface area (Å²) in [7, 11) is 1.39. The molecule has 0 aromatic carbocycles. The first-order valence-electron chi connectivity index (χ1n) is 5.62. The summed E-state index contributed by atoms with van der Waals surface area (Å²) in [4.78, 5) is 0. The van der Waals surface area contributed by atoms with E-state index >= 15 is 0 Å². The van der Waals surface area contributed by atoms with E-state index in [0.29, 0.717) is 5.75 Å². The minimum atomic E-state index is -4.28. The lowest BCUT2D eigenvalue weighted by molar-refractivity contribution is -0.140. The van der Waals surface area contributed by atoms with Crippen molar-refractivity contribution in [2.24, 2.45) is 0 Å². The van der Waals surface area contributed by atoms with Gasteiger partial charge in [0.25, 0.3) is 0 Å². The highest BCUT2D eigenvalue weighted by atomic mass is 19.4. The van der Waals surface area contributed by atoms with Crippen LogP contribution in [0.1, 0.15) is 44.5 Å². The topological polar surface area (TPSA) is 47.3 Å². The third-order valence-corrected chi connectivity index (χ3v) is 2.52. The second-order valence-electron chi connectivity index (χ2n) is 4.31. The first-order valence-corrected chi connectivity index (χ1v) is 5.62. The third kappa shape index (κ3) is 3.63. The standard InChI is InChI=1S/C11H17F3N2O2/c1-7(2)16-10(9(18-3)6-15-16)8(17)4-5-11(12,13)14/h6-8,17H,4-5H2,1-3H3. The van der Waals surface area contributed by atoms with E-state index in [0.717, 1.165) is 0 Å². The molecule has 1 unspecified atom stereocenters. The van der Waals surface area contributed by atoms with E-state index in [-0.39, 0.29) is 11.7 Å². The van der Waals surface area contributed by atoms with Crippen LogP contribution in [0.3, 0.4) is 0 Å². The van der Waals surface area contributed by atoms with E-state index in [1.165, 1.54) is 18.0 Å². The Hall–Kier alpha value is -1.24. The molecule has 1 N–H and O–H groups in total. The Bertz CT molecular complexity index is 388. The molecule has 1 heterocycles. The maximum absolute atomic E-state index is 12.1. The number of hydrogen-bond acceptors (Lipinski definition) is 3. The van der Waals surface area contributed by atoms with Crippen LogP contribution in [0.5, 0.6) is 5.75 Å². The molecule has 0 aliphatic carbocycles. The first-order chi connectivity index (χ1) is 8.26. The van der Waals surface area contributed by atoms with Crippen molar-refractivity contribution < 1.29 is 23.0 Å². The van der Waals surface area contributed by atoms with Crippen LogP contribution in [-0.4, -0.2) is 28.2 Å². The monoisotopic (exact) mass is 266 g/mol. The van der Waals surface area contributed by atoms with Gasteiger partial charge >= 0.3 is 6.18 Å². The number of ether oxygens (including phenoxy) is 1. The minimum Gasteiger partial charge on any atom is -0.493 e. The van der Waals surface area contributed by atoms with Crippen LogP contribution in [-0.2, 0) is 0 Å². The molecule has 0 radical (unpaired) electrons. The molecule has 0 fully saturated rings. The number of halogens is 3. The van der Waals surface area contributed by atoms with E-state index in [1.54, 1.807) is 0 Å². The van der Waals surface area contributed by atoms with Gasteiger partial charge in [-0.25, -0.2) is 0 Å². The molecule has 1 aromatic heterocycles. The van der Waals surface area contributed by atoms with Crippen LogP contribution in [0.25, 0.3) is 0 Å². The molecule has 1 atom stereocenters. The number of nitrogens with zero attached hydrogens (tertiary/aromatic N) is 2. The Labute approximate surface area is 103 Å². The molecule has 0 aliphatic rings. The first kappa shape index (κ1) is 14.8. The van der Waals surface area contributed by atoms with E-state index in [1.807, 2.05) is 13.8 Å². The smallest absolute Gasteiger partial charge is 0.389 e. The average molecular weight is 266 g/mol. The van der Waals surface area contributed by atoms with Crippen LogP contribution in [0.4, 0.5) is 13.2 Å². The van der Waals surface area contributed by atoms with Crippen LogP contribution in [0.2, 0.25) is 0 Å². The van der Waals surface area contributed by atoms with Crippen LogP contribution >= 0.6 is 0 Å². The van der Waals surface area contributed by atoms with Gasteiger partial charge in [0.15, 0.2) is 5.75 Å². The lowest BCUT2D eigenvalue weighted by Gasteiger charge is -2.17. The number of aliphatic hydroxyl groups is 1. The Kier molecular flexibility index (Phi) is 4.61. The van der Waals surface area contributed by atoms with Crippen LogP contribution in [0, 0.1) is 0 Å². The SMILES string of the molecule is COc1cnn(C(C)C)c1C(O)CCC(F)(F)F. The molecule has 0 aliphatic heterocycles. The molecule has 0 amide bonds. The van der Waals surface area contributed by atoms with Gasteiger partial charge in [0.2, 0.25) is 0 Å². The number of aromatic nitrogens is 2. The summed E-state index contributed by atoms with van der Waals surface area (Å²) < 4.78 is 42.9. The summed E-state index contributed by atoms with van der Waals surface area (Å²) in [6.07, 6.45) is -5.58. The molecule has 18 heavy (non-hydrogen) atoms. The molecule has 0 spiro atoms. The van der Waals surface area contributed by atoms with Gasteiger partial charge in [0.1, 0.15) is 5.69 Å². The van der Waals surface area contributed by atoms with Crippen molar-refractivity contribution in [2.75, 3.05) is 7.11 Å². The molecule has 1 aromatic rings. The predicted molar refractivity (Wildman–Crippen MR) is 59.4 cm³/mol. The Balaban J connectivity index is 2.89. The van der Waals surface area contributed by atoms with Crippen LogP contribution in [0.15, 0.2) is 6.20 Å². The van der Waals surface area contributed by atoms with Gasteiger partial charge in [-0.1, -0.05) is 0 Å². The lowest BCUT2D eigenvalue weighted by atomic mass is 10.1. The predicted octanol–water partition coefficient (Wildman–Crippen LogP) is 2.85. The van der Waals surface area contributed by atoms with Gasteiger partial charge in [-0.05, 0) is 20.3 Å². The number of alkyl halides is 3. The minimum absolute atomic E-state index is 0.0653. The quantitative estimate of drug-likeness (QED) is 0.891. The van der Waals surface area contributed by atoms with Crippen molar-refractivity contribution in [1.29, 1.82) is 0 Å². The average Bonchev–Trinajstić information content (AvgIpc) is 2.68. The normalized spacial score (nSPS) is 14.0. The van der Waals surface area contributed by atoms with Crippen molar-refractivity contribution in [3.05, 3.63) is 11.9 Å². The van der Waals surface area contributed by atoms with Gasteiger partial charge in [-0.3, -0.25) is 4.68 Å². The summed E-state index contributed by atoms with van der Waals surface area (Å²) in [6.45, 7) is 3.65. The molecule has 0 bridgehead atoms. The van der Waals surface area contributed by atoms with Crippen molar-refractivity contribution in [3.63, 3.8) is 0 Å². The van der Waals surface area contributed by atoms with Gasteiger partial charge < -0.3 is 9.84 Å². The fourth-order valence-corrected chi connectivity index (χ4v) is 1.68. The van der Waals surface area contributed by atoms with E-state index in [4.69, 9.17) is 4.74 Å². The fraction of sp³-hybridized carbons (Fsp3) is 0.727. The molecule has 104 valence electrons. The lowest BCUT2D eigenvalue weighted by Crippen LogP contribution is -2.15. The summed E-state index contributed by atoms with van der Waals surface area (Å²) in [6, 6.07) is -0.0653. The number of aliphatic hydroxyl groups excluding tert-OH is 1. The third-order valence-electron chi connectivity index (χ3n) is 2.52. The zero-order chi connectivity index (χ0) is 13.9. The molecule has 0 saturated carbocycles. The maximum atomic E-state index is 12.1. The molecular weight excluding hydrogens is 249 g/mol. The summed E-state index contributed by atoms with van der Waals surface area (Å²) in [5.74, 6) is 0.304. The zero-order valence-corrected chi connectivity index (χ0v) is 10.5. The largest absolute Gasteiger partial charge is 0.493 e. The molecule has 0 saturated heterocycles. The number of methoxy groups -OCH3 is 1. The number of rotatable bonds is 5. The molecule has 4 nitrogen and oxygen atoms in total. The van der Waals surface area contributed by atoms with Crippen molar-refractivity contribution in [2.45, 2.75) is 45.0 Å². The van der Waals surface area contributed by atoms with Crippen molar-refractivity contribution >= 4 is 0 Å². The summed E-state index contributed by atoms with van der Waals surface area (Å²) in [5, 5.41) is 13.9. The maximum Gasteiger partial charge on any atom is 0.389 e. The van der Waals surface area contributed by atoms with Gasteiger partial charge in [-0.2, -0.15) is 18.3 Å². The fourth-order valence-electron chi connectivity index (χ4n) is 1.68. The van der Waals surface area contributed by atoms with Gasteiger partial charge in [0, 0.05) is 12.5 Å². The highest BCUT2D eigenvalue weighted by molar-refractivity contribution is 5.27. The van der Waals surface area contributed by atoms with E-state index < -0.39 is 25.1 Å². The second-order valence-corrected chi connectivity index (χ2v) is 4.31. The molecule has 1 rings (SSSR count). The summed E-state index contributed by atoms with van der Waals surface area (Å²) >= 11 is 0.